The molecule has 0 saturated carbocycles. The Kier molecular flexibility index (Phi) is 4.04. The molecular weight excluding hydrogens is 278 g/mol. The predicted molar refractivity (Wildman–Crippen MR) is 76.8 cm³/mol. The van der Waals surface area contributed by atoms with Crippen molar-refractivity contribution < 1.29 is 14.7 Å². The monoisotopic (exact) mass is 295 g/mol. The van der Waals surface area contributed by atoms with Crippen LogP contribution in [0.15, 0.2) is 24.3 Å². The quantitative estimate of drug-likeness (QED) is 0.932. The summed E-state index contributed by atoms with van der Waals surface area (Å²) >= 11 is 6.17. The average Bonchev–Trinajstić information content (AvgIpc) is 2.87. The molecule has 0 aromatic heterocycles. The lowest BCUT2D eigenvalue weighted by Crippen LogP contribution is -2.42. The fourth-order valence-electron chi connectivity index (χ4n) is 2.62. The number of carbonyl (C=O) groups excluding carboxylic acids is 1. The molecule has 1 fully saturated rings. The number of likely N-dealkylation sites (tertiary alicyclic amines) is 1. The fraction of sp³-hybridized carbons (Fsp3) is 0.467. The highest BCUT2D eigenvalue weighted by molar-refractivity contribution is 6.31. The van der Waals surface area contributed by atoms with Crippen LogP contribution in [0, 0.1) is 5.92 Å². The molecule has 4 nitrogen and oxygen atoms in total. The number of rotatable bonds is 3. The van der Waals surface area contributed by atoms with Gasteiger partial charge in [-0.2, -0.15) is 0 Å². The molecule has 0 radical (unpaired) electrons. The number of benzene rings is 1. The molecule has 1 aliphatic heterocycles. The Morgan fingerprint density at radius 2 is 2.00 bits per heavy atom. The standard InChI is InChI=1S/C15H18ClNO3/c1-15(2,11-5-3-4-6-12(11)16)14(20)17-8-7-10(9-17)13(18)19/h3-6,10H,7-9H2,1-2H3,(H,18,19)/t10-/m0/s1. The minimum atomic E-state index is -0.837. The molecule has 108 valence electrons. The van der Waals surface area contributed by atoms with Crippen LogP contribution in [0.25, 0.3) is 0 Å². The summed E-state index contributed by atoms with van der Waals surface area (Å²) in [5.74, 6) is -1.37. The van der Waals surface area contributed by atoms with E-state index in [1.54, 1.807) is 11.0 Å². The largest absolute Gasteiger partial charge is 0.481 e. The van der Waals surface area contributed by atoms with Gasteiger partial charge in [0, 0.05) is 18.1 Å². The van der Waals surface area contributed by atoms with Gasteiger partial charge in [-0.1, -0.05) is 29.8 Å². The number of carboxylic acid groups (broad SMARTS) is 1. The first-order valence-corrected chi connectivity index (χ1v) is 6.99. The summed E-state index contributed by atoms with van der Waals surface area (Å²) in [6, 6.07) is 7.27. The number of amides is 1. The Balaban J connectivity index is 2.20. The van der Waals surface area contributed by atoms with Crippen LogP contribution in [0.4, 0.5) is 0 Å². The lowest BCUT2D eigenvalue weighted by atomic mass is 9.83. The second kappa shape index (κ2) is 5.44. The van der Waals surface area contributed by atoms with Gasteiger partial charge in [0.2, 0.25) is 5.91 Å². The molecular formula is C15H18ClNO3. The molecule has 2 rings (SSSR count). The number of carbonyl (C=O) groups is 2. The van der Waals surface area contributed by atoms with Crippen molar-refractivity contribution in [3.63, 3.8) is 0 Å². The molecule has 1 N–H and O–H groups in total. The van der Waals surface area contributed by atoms with Crippen molar-refractivity contribution in [2.45, 2.75) is 25.7 Å². The van der Waals surface area contributed by atoms with E-state index in [0.717, 1.165) is 5.56 Å². The summed E-state index contributed by atoms with van der Waals surface area (Å²) in [6.07, 6.45) is 0.514. The molecule has 1 amide bonds. The van der Waals surface area contributed by atoms with E-state index in [1.165, 1.54) is 0 Å². The summed E-state index contributed by atoms with van der Waals surface area (Å²) in [4.78, 5) is 25.3. The first kappa shape index (κ1) is 14.9. The van der Waals surface area contributed by atoms with Gasteiger partial charge in [-0.25, -0.2) is 0 Å². The topological polar surface area (TPSA) is 57.6 Å². The molecule has 1 aromatic rings. The van der Waals surface area contributed by atoms with Gasteiger partial charge >= 0.3 is 5.97 Å². The third kappa shape index (κ3) is 2.66. The van der Waals surface area contributed by atoms with Gasteiger partial charge in [-0.05, 0) is 31.9 Å². The van der Waals surface area contributed by atoms with E-state index in [2.05, 4.69) is 0 Å². The molecule has 1 saturated heterocycles. The minimum Gasteiger partial charge on any atom is -0.481 e. The predicted octanol–water partition coefficient (Wildman–Crippen LogP) is 2.55. The van der Waals surface area contributed by atoms with Gasteiger partial charge in [-0.3, -0.25) is 9.59 Å². The van der Waals surface area contributed by atoms with Gasteiger partial charge in [0.15, 0.2) is 0 Å². The van der Waals surface area contributed by atoms with E-state index in [9.17, 15) is 9.59 Å². The number of nitrogens with zero attached hydrogens (tertiary/aromatic N) is 1. The molecule has 1 atom stereocenters. The molecule has 0 unspecified atom stereocenters. The highest BCUT2D eigenvalue weighted by atomic mass is 35.5. The van der Waals surface area contributed by atoms with E-state index in [1.807, 2.05) is 32.0 Å². The number of hydrogen-bond acceptors (Lipinski definition) is 2. The van der Waals surface area contributed by atoms with Gasteiger partial charge in [0.25, 0.3) is 0 Å². The second-order valence-electron chi connectivity index (χ2n) is 5.68. The van der Waals surface area contributed by atoms with E-state index in [4.69, 9.17) is 16.7 Å². The Morgan fingerprint density at radius 3 is 2.55 bits per heavy atom. The Labute approximate surface area is 123 Å². The van der Waals surface area contributed by atoms with Crippen LogP contribution in [-0.4, -0.2) is 35.0 Å². The lowest BCUT2D eigenvalue weighted by molar-refractivity contribution is -0.141. The fourth-order valence-corrected chi connectivity index (χ4v) is 3.00. The highest BCUT2D eigenvalue weighted by Gasteiger charge is 2.39. The number of halogens is 1. The molecule has 0 bridgehead atoms. The zero-order valence-corrected chi connectivity index (χ0v) is 12.4. The smallest absolute Gasteiger partial charge is 0.308 e. The first-order chi connectivity index (χ1) is 9.34. The molecule has 1 heterocycles. The molecule has 5 heteroatoms. The van der Waals surface area contributed by atoms with E-state index in [0.29, 0.717) is 18.0 Å². The normalized spacial score (nSPS) is 19.1. The zero-order valence-electron chi connectivity index (χ0n) is 11.6. The zero-order chi connectivity index (χ0) is 14.9. The van der Waals surface area contributed by atoms with Gasteiger partial charge < -0.3 is 10.0 Å². The third-order valence-electron chi connectivity index (χ3n) is 3.91. The Bertz CT molecular complexity index is 542. The van der Waals surface area contributed by atoms with Gasteiger partial charge in [-0.15, -0.1) is 0 Å². The van der Waals surface area contributed by atoms with Crippen molar-refractivity contribution >= 4 is 23.5 Å². The lowest BCUT2D eigenvalue weighted by Gasteiger charge is -2.30. The maximum atomic E-state index is 12.7. The molecule has 1 aromatic carbocycles. The van der Waals surface area contributed by atoms with Crippen molar-refractivity contribution in [1.29, 1.82) is 0 Å². The molecule has 20 heavy (non-hydrogen) atoms. The van der Waals surface area contributed by atoms with Crippen molar-refractivity contribution in [3.8, 4) is 0 Å². The second-order valence-corrected chi connectivity index (χ2v) is 6.09. The summed E-state index contributed by atoms with van der Waals surface area (Å²) in [7, 11) is 0. The van der Waals surface area contributed by atoms with Crippen LogP contribution in [0.5, 0.6) is 0 Å². The van der Waals surface area contributed by atoms with Crippen LogP contribution in [-0.2, 0) is 15.0 Å². The summed E-state index contributed by atoms with van der Waals surface area (Å²) in [5, 5.41) is 9.57. The van der Waals surface area contributed by atoms with Crippen LogP contribution in [0.1, 0.15) is 25.8 Å². The maximum Gasteiger partial charge on any atom is 0.308 e. The highest BCUT2D eigenvalue weighted by Crippen LogP contribution is 2.33. The van der Waals surface area contributed by atoms with Crippen LogP contribution >= 0.6 is 11.6 Å². The summed E-state index contributed by atoms with van der Waals surface area (Å²) in [5.41, 5.74) is 0.0107. The number of hydrogen-bond donors (Lipinski definition) is 1. The van der Waals surface area contributed by atoms with E-state index >= 15 is 0 Å². The van der Waals surface area contributed by atoms with Gasteiger partial charge in [0.1, 0.15) is 0 Å². The molecule has 0 aliphatic carbocycles. The van der Waals surface area contributed by atoms with Crippen molar-refractivity contribution in [2.24, 2.45) is 5.92 Å². The van der Waals surface area contributed by atoms with E-state index < -0.39 is 17.3 Å². The van der Waals surface area contributed by atoms with Crippen LogP contribution < -0.4 is 0 Å². The van der Waals surface area contributed by atoms with E-state index in [-0.39, 0.29) is 12.5 Å². The molecule has 1 aliphatic rings. The van der Waals surface area contributed by atoms with Crippen molar-refractivity contribution in [3.05, 3.63) is 34.9 Å². The average molecular weight is 296 g/mol. The van der Waals surface area contributed by atoms with Crippen molar-refractivity contribution in [2.75, 3.05) is 13.1 Å². The summed E-state index contributed by atoms with van der Waals surface area (Å²) < 4.78 is 0. The Hall–Kier alpha value is -1.55. The number of aliphatic carboxylic acids is 1. The molecule has 0 spiro atoms. The SMILES string of the molecule is CC(C)(C(=O)N1CC[C@H](C(=O)O)C1)c1ccccc1Cl. The van der Waals surface area contributed by atoms with Crippen LogP contribution in [0.3, 0.4) is 0 Å². The minimum absolute atomic E-state index is 0.0747. The number of carboxylic acids is 1. The van der Waals surface area contributed by atoms with Crippen molar-refractivity contribution in [1.82, 2.24) is 4.90 Å². The van der Waals surface area contributed by atoms with Crippen LogP contribution in [0.2, 0.25) is 5.02 Å². The first-order valence-electron chi connectivity index (χ1n) is 6.61. The Morgan fingerprint density at radius 1 is 1.35 bits per heavy atom. The maximum absolute atomic E-state index is 12.7. The van der Waals surface area contributed by atoms with Gasteiger partial charge in [0.05, 0.1) is 11.3 Å². The summed E-state index contributed by atoms with van der Waals surface area (Å²) in [6.45, 7) is 4.42. The third-order valence-corrected chi connectivity index (χ3v) is 4.24.